The van der Waals surface area contributed by atoms with E-state index in [2.05, 4.69) is 41.3 Å². The van der Waals surface area contributed by atoms with Gasteiger partial charge in [-0.2, -0.15) is 0 Å². The van der Waals surface area contributed by atoms with E-state index in [0.717, 1.165) is 0 Å². The van der Waals surface area contributed by atoms with Crippen LogP contribution in [0.2, 0.25) is 0 Å². The number of benzene rings is 2. The van der Waals surface area contributed by atoms with Crippen LogP contribution in [0, 0.1) is 6.92 Å². The largest absolute Gasteiger partial charge is 0.480 e. The summed E-state index contributed by atoms with van der Waals surface area (Å²) in [4.78, 5) is 44.3. The number of carboxylic acid groups (broad SMARTS) is 2. The van der Waals surface area contributed by atoms with Gasteiger partial charge in [0.15, 0.2) is 0 Å². The number of aromatic carboxylic acids is 1. The van der Waals surface area contributed by atoms with Gasteiger partial charge in [0.2, 0.25) is 0 Å². The lowest BCUT2D eigenvalue weighted by Crippen LogP contribution is -2.28. The van der Waals surface area contributed by atoms with Crippen molar-refractivity contribution in [2.75, 3.05) is 14.2 Å². The van der Waals surface area contributed by atoms with Gasteiger partial charge in [0.05, 0.1) is 25.3 Å². The molecule has 0 heterocycles. The van der Waals surface area contributed by atoms with E-state index in [1.807, 2.05) is 0 Å². The SMILES string of the molecule is COC(=O)c1ccccc1C(Br)C(=O)OC.Cc1cccc(C(C)(Br)C(=O)O)c1C(=O)O. The van der Waals surface area contributed by atoms with Crippen molar-refractivity contribution < 1.29 is 38.9 Å². The number of ether oxygens (including phenoxy) is 2. The van der Waals surface area contributed by atoms with Gasteiger partial charge in [0.25, 0.3) is 0 Å². The molecule has 172 valence electrons. The number of carboxylic acids is 2. The van der Waals surface area contributed by atoms with Crippen molar-refractivity contribution >= 4 is 55.7 Å². The summed E-state index contributed by atoms with van der Waals surface area (Å²) < 4.78 is 7.83. The van der Waals surface area contributed by atoms with E-state index in [-0.39, 0.29) is 11.1 Å². The lowest BCUT2D eigenvalue weighted by molar-refractivity contribution is -0.140. The van der Waals surface area contributed by atoms with Crippen molar-refractivity contribution in [3.8, 4) is 0 Å². The standard InChI is InChI=1S/2C11H11BrO4/c1-15-10(13)8-6-4-3-5-7(8)9(12)11(14)16-2;1-6-4-3-5-7(8(6)9(13)14)11(2,12)10(15)16/h3-6,9H,1-2H3;3-5H,1-2H3,(H,13,14)(H,15,16). The highest BCUT2D eigenvalue weighted by Crippen LogP contribution is 2.34. The van der Waals surface area contributed by atoms with Crippen molar-refractivity contribution in [2.24, 2.45) is 0 Å². The summed E-state index contributed by atoms with van der Waals surface area (Å²) in [7, 11) is 2.58. The normalized spacial score (nSPS) is 12.9. The third kappa shape index (κ3) is 6.39. The Labute approximate surface area is 201 Å². The van der Waals surface area contributed by atoms with Gasteiger partial charge in [-0.05, 0) is 36.6 Å². The number of halogens is 2. The van der Waals surface area contributed by atoms with Crippen LogP contribution in [-0.4, -0.2) is 48.3 Å². The third-order valence-corrected chi connectivity index (χ3v) is 6.07. The number of rotatable bonds is 6. The zero-order valence-electron chi connectivity index (χ0n) is 17.7. The average molecular weight is 574 g/mol. The molecule has 2 aromatic rings. The molecular formula is C22H22Br2O8. The average Bonchev–Trinajstić information content (AvgIpc) is 2.77. The second kappa shape index (κ2) is 11.8. The molecule has 2 unspecified atom stereocenters. The first-order valence-corrected chi connectivity index (χ1v) is 10.8. The minimum absolute atomic E-state index is 0.0317. The molecule has 0 saturated heterocycles. The maximum atomic E-state index is 11.5. The second-order valence-electron chi connectivity index (χ2n) is 6.58. The number of carbonyl (C=O) groups is 4. The summed E-state index contributed by atoms with van der Waals surface area (Å²) in [5.74, 6) is -3.19. The first kappa shape index (κ1) is 27.3. The quantitative estimate of drug-likeness (QED) is 0.383. The van der Waals surface area contributed by atoms with E-state index in [9.17, 15) is 19.2 Å². The van der Waals surface area contributed by atoms with Crippen LogP contribution in [-0.2, 0) is 23.4 Å². The summed E-state index contributed by atoms with van der Waals surface area (Å²) in [6.07, 6.45) is 0. The lowest BCUT2D eigenvalue weighted by Gasteiger charge is -2.20. The third-order valence-electron chi connectivity index (χ3n) is 4.44. The van der Waals surface area contributed by atoms with Crippen LogP contribution in [0.3, 0.4) is 0 Å². The van der Waals surface area contributed by atoms with Crippen LogP contribution in [0.4, 0.5) is 0 Å². The number of aliphatic carboxylic acids is 1. The molecule has 0 aliphatic heterocycles. The number of alkyl halides is 2. The molecule has 0 spiro atoms. The first-order valence-electron chi connectivity index (χ1n) is 9.04. The Morgan fingerprint density at radius 2 is 1.56 bits per heavy atom. The van der Waals surface area contributed by atoms with E-state index in [4.69, 9.17) is 10.2 Å². The molecule has 0 aliphatic carbocycles. The predicted molar refractivity (Wildman–Crippen MR) is 124 cm³/mol. The molecule has 10 heteroatoms. The monoisotopic (exact) mass is 572 g/mol. The maximum Gasteiger partial charge on any atom is 0.338 e. The van der Waals surface area contributed by atoms with Crippen LogP contribution in [0.1, 0.15) is 49.2 Å². The molecule has 2 atom stereocenters. The van der Waals surface area contributed by atoms with Gasteiger partial charge in [-0.25, -0.2) is 9.59 Å². The fourth-order valence-electron chi connectivity index (χ4n) is 2.70. The minimum Gasteiger partial charge on any atom is -0.480 e. The Balaban J connectivity index is 0.000000320. The maximum absolute atomic E-state index is 11.5. The zero-order chi connectivity index (χ0) is 24.6. The smallest absolute Gasteiger partial charge is 0.338 e. The Morgan fingerprint density at radius 1 is 0.969 bits per heavy atom. The number of methoxy groups -OCH3 is 2. The summed E-state index contributed by atoms with van der Waals surface area (Å²) in [6.45, 7) is 3.05. The number of aryl methyl sites for hydroxylation is 1. The first-order chi connectivity index (χ1) is 14.9. The predicted octanol–water partition coefficient (Wildman–Crippen LogP) is 4.47. The number of hydrogen-bond acceptors (Lipinski definition) is 6. The summed E-state index contributed by atoms with van der Waals surface area (Å²) in [5, 5.41) is 18.1. The van der Waals surface area contributed by atoms with E-state index in [1.54, 1.807) is 43.3 Å². The van der Waals surface area contributed by atoms with Crippen LogP contribution in [0.15, 0.2) is 42.5 Å². The van der Waals surface area contributed by atoms with E-state index < -0.39 is 33.0 Å². The van der Waals surface area contributed by atoms with Gasteiger partial charge in [-0.1, -0.05) is 68.3 Å². The van der Waals surface area contributed by atoms with Gasteiger partial charge >= 0.3 is 23.9 Å². The van der Waals surface area contributed by atoms with Crippen molar-refractivity contribution in [3.05, 3.63) is 70.3 Å². The molecule has 0 saturated carbocycles. The molecule has 0 aromatic heterocycles. The topological polar surface area (TPSA) is 127 Å². The molecule has 2 N–H and O–H groups in total. The Morgan fingerprint density at radius 3 is 2.06 bits per heavy atom. The fraction of sp³-hybridized carbons (Fsp3) is 0.273. The summed E-state index contributed by atoms with van der Waals surface area (Å²) in [6, 6.07) is 11.5. The van der Waals surface area contributed by atoms with Crippen LogP contribution in [0.25, 0.3) is 0 Å². The molecule has 2 rings (SSSR count). The van der Waals surface area contributed by atoms with Gasteiger partial charge in [0, 0.05) is 0 Å². The van der Waals surface area contributed by atoms with E-state index in [1.165, 1.54) is 27.2 Å². The highest BCUT2D eigenvalue weighted by atomic mass is 79.9. The van der Waals surface area contributed by atoms with Crippen molar-refractivity contribution in [1.29, 1.82) is 0 Å². The summed E-state index contributed by atoms with van der Waals surface area (Å²) in [5.41, 5.74) is 1.69. The van der Waals surface area contributed by atoms with Crippen molar-refractivity contribution in [2.45, 2.75) is 23.0 Å². The highest BCUT2D eigenvalue weighted by Gasteiger charge is 2.36. The molecule has 8 nitrogen and oxygen atoms in total. The molecule has 0 amide bonds. The lowest BCUT2D eigenvalue weighted by atomic mass is 9.92. The number of esters is 2. The Bertz CT molecular complexity index is 1020. The molecule has 0 aliphatic rings. The Kier molecular flexibility index (Phi) is 10.0. The highest BCUT2D eigenvalue weighted by molar-refractivity contribution is 9.10. The molecule has 0 fully saturated rings. The van der Waals surface area contributed by atoms with Crippen LogP contribution in [0.5, 0.6) is 0 Å². The molecule has 32 heavy (non-hydrogen) atoms. The number of carbonyl (C=O) groups excluding carboxylic acids is 2. The fourth-order valence-corrected chi connectivity index (χ4v) is 3.62. The van der Waals surface area contributed by atoms with Gasteiger partial charge in [-0.15, -0.1) is 0 Å². The minimum atomic E-state index is -1.40. The Hall–Kier alpha value is -2.72. The van der Waals surface area contributed by atoms with Crippen molar-refractivity contribution in [3.63, 3.8) is 0 Å². The summed E-state index contributed by atoms with van der Waals surface area (Å²) >= 11 is 6.22. The molecule has 0 radical (unpaired) electrons. The van der Waals surface area contributed by atoms with Gasteiger partial charge in [-0.3, -0.25) is 9.59 Å². The molecule has 0 bridgehead atoms. The van der Waals surface area contributed by atoms with Crippen LogP contribution >= 0.6 is 31.9 Å². The van der Waals surface area contributed by atoms with E-state index >= 15 is 0 Å². The molecular weight excluding hydrogens is 552 g/mol. The number of hydrogen-bond donors (Lipinski definition) is 2. The second-order valence-corrected chi connectivity index (χ2v) is 9.08. The van der Waals surface area contributed by atoms with Gasteiger partial charge < -0.3 is 19.7 Å². The zero-order valence-corrected chi connectivity index (χ0v) is 20.9. The van der Waals surface area contributed by atoms with Crippen molar-refractivity contribution in [1.82, 2.24) is 0 Å². The van der Waals surface area contributed by atoms with Crippen LogP contribution < -0.4 is 0 Å². The van der Waals surface area contributed by atoms with Gasteiger partial charge in [0.1, 0.15) is 9.15 Å². The molecule has 2 aromatic carbocycles. The van der Waals surface area contributed by atoms with E-state index in [0.29, 0.717) is 16.7 Å².